The van der Waals surface area contributed by atoms with Gasteiger partial charge in [0.2, 0.25) is 11.8 Å². The Bertz CT molecular complexity index is 299. The van der Waals surface area contributed by atoms with Crippen molar-refractivity contribution >= 4 is 0 Å². The number of nitrogens with one attached hydrogen (secondary N) is 1. The number of aromatic nitrogens is 2. The molecule has 1 heterocycles. The molecule has 1 N–H and O–H groups in total. The molecule has 0 aliphatic carbocycles. The maximum absolute atomic E-state index is 5.51. The molecule has 0 atom stereocenters. The highest BCUT2D eigenvalue weighted by Gasteiger charge is 2.12. The first-order valence-electron chi connectivity index (χ1n) is 5.43. The summed E-state index contributed by atoms with van der Waals surface area (Å²) in [6, 6.07) is 0. The molecular formula is C11H21N3O. The van der Waals surface area contributed by atoms with Gasteiger partial charge in [-0.05, 0) is 26.7 Å². The van der Waals surface area contributed by atoms with E-state index in [0.717, 1.165) is 12.3 Å². The third kappa shape index (κ3) is 4.93. The first kappa shape index (κ1) is 12.2. The average Bonchev–Trinajstić information content (AvgIpc) is 2.46. The van der Waals surface area contributed by atoms with Gasteiger partial charge in [-0.1, -0.05) is 13.8 Å². The molecule has 0 aliphatic heterocycles. The van der Waals surface area contributed by atoms with Gasteiger partial charge in [0.25, 0.3) is 0 Å². The summed E-state index contributed by atoms with van der Waals surface area (Å²) >= 11 is 0. The van der Waals surface area contributed by atoms with Crippen LogP contribution in [0.15, 0.2) is 4.42 Å². The molecule has 0 saturated heterocycles. The van der Waals surface area contributed by atoms with E-state index in [-0.39, 0.29) is 5.54 Å². The van der Waals surface area contributed by atoms with Gasteiger partial charge < -0.3 is 9.73 Å². The van der Waals surface area contributed by atoms with Crippen molar-refractivity contribution < 1.29 is 4.42 Å². The summed E-state index contributed by atoms with van der Waals surface area (Å²) in [4.78, 5) is 0. The van der Waals surface area contributed by atoms with Crippen LogP contribution in [-0.2, 0) is 13.0 Å². The summed E-state index contributed by atoms with van der Waals surface area (Å²) in [6.07, 6.45) is 0.850. The Labute approximate surface area is 91.5 Å². The monoisotopic (exact) mass is 211 g/mol. The molecule has 1 aromatic rings. The molecule has 1 rings (SSSR count). The Morgan fingerprint density at radius 1 is 1.20 bits per heavy atom. The fourth-order valence-corrected chi connectivity index (χ4v) is 1.13. The molecule has 1 aromatic heterocycles. The van der Waals surface area contributed by atoms with E-state index in [2.05, 4.69) is 50.1 Å². The second-order valence-electron chi connectivity index (χ2n) is 5.29. The first-order valence-corrected chi connectivity index (χ1v) is 5.43. The lowest BCUT2D eigenvalue weighted by Crippen LogP contribution is -2.35. The quantitative estimate of drug-likeness (QED) is 0.829. The topological polar surface area (TPSA) is 51.0 Å². The number of hydrogen-bond donors (Lipinski definition) is 1. The zero-order valence-electron chi connectivity index (χ0n) is 10.3. The molecule has 15 heavy (non-hydrogen) atoms. The van der Waals surface area contributed by atoms with Gasteiger partial charge in [0.15, 0.2) is 0 Å². The van der Waals surface area contributed by atoms with E-state index in [1.807, 2.05) is 0 Å². The highest BCUT2D eigenvalue weighted by atomic mass is 16.4. The lowest BCUT2D eigenvalue weighted by atomic mass is 10.1. The van der Waals surface area contributed by atoms with Gasteiger partial charge in [0.05, 0.1) is 6.54 Å². The Kier molecular flexibility index (Phi) is 3.85. The Hall–Kier alpha value is -0.900. The molecule has 0 spiro atoms. The lowest BCUT2D eigenvalue weighted by molar-refractivity contribution is 0.365. The summed E-state index contributed by atoms with van der Waals surface area (Å²) in [6.45, 7) is 11.2. The van der Waals surface area contributed by atoms with Crippen LogP contribution in [0, 0.1) is 5.92 Å². The van der Waals surface area contributed by atoms with Gasteiger partial charge in [0, 0.05) is 12.0 Å². The van der Waals surface area contributed by atoms with Crippen LogP contribution in [0.3, 0.4) is 0 Å². The van der Waals surface area contributed by atoms with Crippen molar-refractivity contribution in [3.05, 3.63) is 11.8 Å². The molecule has 86 valence electrons. The van der Waals surface area contributed by atoms with Crippen molar-refractivity contribution in [2.75, 3.05) is 0 Å². The third-order valence-corrected chi connectivity index (χ3v) is 1.86. The van der Waals surface area contributed by atoms with E-state index in [1.165, 1.54) is 0 Å². The first-order chi connectivity index (χ1) is 6.87. The van der Waals surface area contributed by atoms with Crippen molar-refractivity contribution in [3.63, 3.8) is 0 Å². The summed E-state index contributed by atoms with van der Waals surface area (Å²) in [7, 11) is 0. The molecule has 0 unspecified atom stereocenters. The fraction of sp³-hybridized carbons (Fsp3) is 0.818. The SMILES string of the molecule is CC(C)Cc1nnc(CNC(C)(C)C)o1. The van der Waals surface area contributed by atoms with E-state index in [9.17, 15) is 0 Å². The van der Waals surface area contributed by atoms with Crippen LogP contribution in [0.5, 0.6) is 0 Å². The summed E-state index contributed by atoms with van der Waals surface area (Å²) in [5.41, 5.74) is 0.0761. The number of rotatable bonds is 4. The normalized spacial score (nSPS) is 12.4. The summed E-state index contributed by atoms with van der Waals surface area (Å²) in [5.74, 6) is 1.95. The second-order valence-corrected chi connectivity index (χ2v) is 5.29. The van der Waals surface area contributed by atoms with Gasteiger partial charge >= 0.3 is 0 Å². The van der Waals surface area contributed by atoms with Crippen LogP contribution in [0.4, 0.5) is 0 Å². The van der Waals surface area contributed by atoms with Gasteiger partial charge in [-0.15, -0.1) is 10.2 Å². The van der Waals surface area contributed by atoms with Gasteiger partial charge in [-0.2, -0.15) is 0 Å². The molecule has 0 aliphatic rings. The van der Waals surface area contributed by atoms with Gasteiger partial charge in [-0.3, -0.25) is 0 Å². The minimum Gasteiger partial charge on any atom is -0.424 e. The van der Waals surface area contributed by atoms with E-state index >= 15 is 0 Å². The van der Waals surface area contributed by atoms with Crippen molar-refractivity contribution in [2.24, 2.45) is 5.92 Å². The molecule has 0 amide bonds. The molecule has 4 nitrogen and oxygen atoms in total. The zero-order valence-corrected chi connectivity index (χ0v) is 10.3. The number of hydrogen-bond acceptors (Lipinski definition) is 4. The van der Waals surface area contributed by atoms with Crippen molar-refractivity contribution in [1.82, 2.24) is 15.5 Å². The van der Waals surface area contributed by atoms with Crippen LogP contribution < -0.4 is 5.32 Å². The Balaban J connectivity index is 2.46. The standard InChI is InChI=1S/C11H21N3O/c1-8(2)6-9-13-14-10(15-9)7-12-11(3,4)5/h8,12H,6-7H2,1-5H3. The van der Waals surface area contributed by atoms with Crippen molar-refractivity contribution in [1.29, 1.82) is 0 Å². The van der Waals surface area contributed by atoms with Crippen LogP contribution in [0.1, 0.15) is 46.4 Å². The van der Waals surface area contributed by atoms with Crippen molar-refractivity contribution in [2.45, 2.75) is 53.1 Å². The summed E-state index contributed by atoms with van der Waals surface area (Å²) < 4.78 is 5.51. The lowest BCUT2D eigenvalue weighted by Gasteiger charge is -2.18. The van der Waals surface area contributed by atoms with E-state index in [1.54, 1.807) is 0 Å². The molecule has 0 saturated carbocycles. The fourth-order valence-electron chi connectivity index (χ4n) is 1.13. The molecule has 0 fully saturated rings. The van der Waals surface area contributed by atoms with Crippen LogP contribution in [-0.4, -0.2) is 15.7 Å². The second kappa shape index (κ2) is 4.75. The van der Waals surface area contributed by atoms with Gasteiger partial charge in [-0.25, -0.2) is 0 Å². The van der Waals surface area contributed by atoms with Crippen LogP contribution >= 0.6 is 0 Å². The van der Waals surface area contributed by atoms with Crippen molar-refractivity contribution in [3.8, 4) is 0 Å². The maximum atomic E-state index is 5.51. The summed E-state index contributed by atoms with van der Waals surface area (Å²) in [5, 5.41) is 11.3. The Morgan fingerprint density at radius 2 is 1.80 bits per heavy atom. The minimum absolute atomic E-state index is 0.0761. The smallest absolute Gasteiger partial charge is 0.230 e. The Morgan fingerprint density at radius 3 is 2.33 bits per heavy atom. The molecular weight excluding hydrogens is 190 g/mol. The highest BCUT2D eigenvalue weighted by molar-refractivity contribution is 4.84. The van der Waals surface area contributed by atoms with E-state index in [0.29, 0.717) is 18.4 Å². The van der Waals surface area contributed by atoms with E-state index in [4.69, 9.17) is 4.42 Å². The maximum Gasteiger partial charge on any atom is 0.230 e. The molecule has 0 bridgehead atoms. The molecule has 0 radical (unpaired) electrons. The zero-order chi connectivity index (χ0) is 11.5. The van der Waals surface area contributed by atoms with Gasteiger partial charge in [0.1, 0.15) is 0 Å². The predicted molar refractivity (Wildman–Crippen MR) is 59.4 cm³/mol. The molecule has 0 aromatic carbocycles. The highest BCUT2D eigenvalue weighted by Crippen LogP contribution is 2.07. The van der Waals surface area contributed by atoms with Crippen LogP contribution in [0.25, 0.3) is 0 Å². The minimum atomic E-state index is 0.0761. The average molecular weight is 211 g/mol. The van der Waals surface area contributed by atoms with Crippen LogP contribution in [0.2, 0.25) is 0 Å². The largest absolute Gasteiger partial charge is 0.424 e. The molecule has 4 heteroatoms. The predicted octanol–water partition coefficient (Wildman–Crippen LogP) is 2.16. The number of nitrogens with zero attached hydrogens (tertiary/aromatic N) is 2. The van der Waals surface area contributed by atoms with E-state index < -0.39 is 0 Å². The third-order valence-electron chi connectivity index (χ3n) is 1.86.